The third kappa shape index (κ3) is 5.29. The van der Waals surface area contributed by atoms with E-state index in [1.54, 1.807) is 31.2 Å². The van der Waals surface area contributed by atoms with Crippen LogP contribution >= 0.6 is 0 Å². The number of anilines is 1. The largest absolute Gasteiger partial charge is 0.462 e. The lowest BCUT2D eigenvalue weighted by molar-refractivity contribution is -0.123. The van der Waals surface area contributed by atoms with E-state index in [1.165, 1.54) is 11.8 Å². The molecule has 1 unspecified atom stereocenters. The molecule has 1 aromatic carbocycles. The van der Waals surface area contributed by atoms with Crippen molar-refractivity contribution in [1.82, 2.24) is 5.32 Å². The van der Waals surface area contributed by atoms with Crippen molar-refractivity contribution in [3.05, 3.63) is 29.8 Å². The number of hydrogen-bond donors (Lipinski definition) is 1. The van der Waals surface area contributed by atoms with Gasteiger partial charge in [0.15, 0.2) is 0 Å². The molecule has 1 atom stereocenters. The number of carbonyl (C=O) groups excluding carboxylic acids is 3. The van der Waals surface area contributed by atoms with Crippen LogP contribution in [0, 0.1) is 0 Å². The lowest BCUT2D eigenvalue weighted by atomic mass is 10.1. The Morgan fingerprint density at radius 1 is 1.32 bits per heavy atom. The van der Waals surface area contributed by atoms with Gasteiger partial charge in [-0.05, 0) is 31.9 Å². The van der Waals surface area contributed by atoms with Gasteiger partial charge in [-0.1, -0.05) is 12.1 Å². The summed E-state index contributed by atoms with van der Waals surface area (Å²) in [5.41, 5.74) is 0.618. The minimum absolute atomic E-state index is 0.0292. The predicted octanol–water partition coefficient (Wildman–Crippen LogP) is 1.51. The number of esters is 1. The van der Waals surface area contributed by atoms with Gasteiger partial charge in [-0.3, -0.25) is 9.59 Å². The number of nitrogens with zero attached hydrogens (tertiary/aromatic N) is 1. The monoisotopic (exact) mass is 348 g/mol. The van der Waals surface area contributed by atoms with Crippen LogP contribution in [0.2, 0.25) is 0 Å². The van der Waals surface area contributed by atoms with Crippen LogP contribution in [-0.4, -0.2) is 50.2 Å². The normalized spacial score (nSPS) is 16.3. The fraction of sp³-hybridized carbons (Fsp3) is 0.500. The van der Waals surface area contributed by atoms with Crippen molar-refractivity contribution in [1.29, 1.82) is 0 Å². The molecule has 7 nitrogen and oxygen atoms in total. The molecule has 1 N–H and O–H groups in total. The Kier molecular flexibility index (Phi) is 6.94. The molecular formula is C18H24N2O5. The van der Waals surface area contributed by atoms with Gasteiger partial charge in [-0.15, -0.1) is 0 Å². The Balaban J connectivity index is 2.08. The van der Waals surface area contributed by atoms with E-state index in [0.29, 0.717) is 18.8 Å². The second-order valence-corrected chi connectivity index (χ2v) is 5.78. The minimum Gasteiger partial charge on any atom is -0.462 e. The Bertz CT molecular complexity index is 626. The molecule has 1 heterocycles. The average Bonchev–Trinajstić information content (AvgIpc) is 3.11. The van der Waals surface area contributed by atoms with E-state index in [0.717, 1.165) is 12.8 Å². The molecule has 7 heteroatoms. The first-order valence-corrected chi connectivity index (χ1v) is 8.45. The topological polar surface area (TPSA) is 84.9 Å². The van der Waals surface area contributed by atoms with E-state index < -0.39 is 5.97 Å². The molecule has 0 bridgehead atoms. The van der Waals surface area contributed by atoms with Crippen LogP contribution in [0.15, 0.2) is 24.3 Å². The van der Waals surface area contributed by atoms with Crippen LogP contribution in [0.4, 0.5) is 5.69 Å². The van der Waals surface area contributed by atoms with Crippen molar-refractivity contribution in [2.75, 3.05) is 31.2 Å². The van der Waals surface area contributed by atoms with Gasteiger partial charge in [-0.2, -0.15) is 0 Å². The molecule has 25 heavy (non-hydrogen) atoms. The second-order valence-electron chi connectivity index (χ2n) is 5.78. The third-order valence-corrected chi connectivity index (χ3v) is 3.92. The Labute approximate surface area is 147 Å². The van der Waals surface area contributed by atoms with Crippen molar-refractivity contribution in [2.24, 2.45) is 0 Å². The molecule has 1 saturated heterocycles. The molecule has 1 aliphatic heterocycles. The smallest absolute Gasteiger partial charge is 0.340 e. The molecule has 1 aliphatic rings. The Morgan fingerprint density at radius 3 is 2.72 bits per heavy atom. The van der Waals surface area contributed by atoms with Crippen LogP contribution in [0.3, 0.4) is 0 Å². The maximum absolute atomic E-state index is 12.2. The van der Waals surface area contributed by atoms with Crippen molar-refractivity contribution in [3.63, 3.8) is 0 Å². The van der Waals surface area contributed by atoms with Crippen molar-refractivity contribution in [3.8, 4) is 0 Å². The molecular weight excluding hydrogens is 324 g/mol. The third-order valence-electron chi connectivity index (χ3n) is 3.92. The number of amides is 2. The van der Waals surface area contributed by atoms with Crippen molar-refractivity contribution >= 4 is 23.5 Å². The lowest BCUT2D eigenvalue weighted by Crippen LogP contribution is -2.42. The Morgan fingerprint density at radius 2 is 2.08 bits per heavy atom. The zero-order valence-corrected chi connectivity index (χ0v) is 14.6. The first-order chi connectivity index (χ1) is 12.0. The standard InChI is InChI=1S/C18H24N2O5/c1-3-24-18(23)15-8-4-5-9-16(15)20(13(2)21)12-17(22)19-11-14-7-6-10-25-14/h4-5,8-9,14H,3,6-7,10-12H2,1-2H3,(H,19,22). The van der Waals surface area contributed by atoms with Gasteiger partial charge in [0.2, 0.25) is 11.8 Å². The highest BCUT2D eigenvalue weighted by atomic mass is 16.5. The van der Waals surface area contributed by atoms with Gasteiger partial charge < -0.3 is 19.7 Å². The van der Waals surface area contributed by atoms with E-state index in [2.05, 4.69) is 5.32 Å². The molecule has 1 aromatic rings. The summed E-state index contributed by atoms with van der Waals surface area (Å²) in [5.74, 6) is -1.16. The maximum Gasteiger partial charge on any atom is 0.340 e. The summed E-state index contributed by atoms with van der Waals surface area (Å²) in [5, 5.41) is 2.78. The highest BCUT2D eigenvalue weighted by Crippen LogP contribution is 2.21. The number of rotatable bonds is 7. The summed E-state index contributed by atoms with van der Waals surface area (Å²) in [7, 11) is 0. The van der Waals surface area contributed by atoms with Gasteiger partial charge in [0.1, 0.15) is 6.54 Å². The summed E-state index contributed by atoms with van der Waals surface area (Å²) >= 11 is 0. The summed E-state index contributed by atoms with van der Waals surface area (Å²) in [4.78, 5) is 37.6. The molecule has 0 spiro atoms. The second kappa shape index (κ2) is 9.17. The maximum atomic E-state index is 12.2. The first kappa shape index (κ1) is 18.9. The molecule has 1 fully saturated rings. The first-order valence-electron chi connectivity index (χ1n) is 8.45. The van der Waals surface area contributed by atoms with Crippen molar-refractivity contribution in [2.45, 2.75) is 32.8 Å². The van der Waals surface area contributed by atoms with Gasteiger partial charge >= 0.3 is 5.97 Å². The highest BCUT2D eigenvalue weighted by Gasteiger charge is 2.23. The molecule has 0 aromatic heterocycles. The number of ether oxygens (including phenoxy) is 2. The molecule has 0 saturated carbocycles. The van der Waals surface area contributed by atoms with Crippen molar-refractivity contribution < 1.29 is 23.9 Å². The van der Waals surface area contributed by atoms with Gasteiger partial charge in [-0.25, -0.2) is 4.79 Å². The SMILES string of the molecule is CCOC(=O)c1ccccc1N(CC(=O)NCC1CCCO1)C(C)=O. The number of para-hydroxylation sites is 1. The van der Waals surface area contributed by atoms with Gasteiger partial charge in [0.05, 0.1) is 24.0 Å². The summed E-state index contributed by atoms with van der Waals surface area (Å²) in [6.07, 6.45) is 1.94. The van der Waals surface area contributed by atoms with Crippen LogP contribution in [0.25, 0.3) is 0 Å². The van der Waals surface area contributed by atoms with E-state index in [1.807, 2.05) is 0 Å². The van der Waals surface area contributed by atoms with Gasteiger partial charge in [0.25, 0.3) is 0 Å². The fourth-order valence-electron chi connectivity index (χ4n) is 2.69. The zero-order valence-electron chi connectivity index (χ0n) is 14.6. The molecule has 136 valence electrons. The molecule has 0 aliphatic carbocycles. The number of carbonyl (C=O) groups is 3. The Hall–Kier alpha value is -2.41. The van der Waals surface area contributed by atoms with Crippen LogP contribution in [0.1, 0.15) is 37.0 Å². The average molecular weight is 348 g/mol. The summed E-state index contributed by atoms with van der Waals surface area (Å²) in [6, 6.07) is 6.60. The summed E-state index contributed by atoms with van der Waals surface area (Å²) in [6.45, 7) is 4.27. The molecule has 2 rings (SSSR count). The number of nitrogens with one attached hydrogen (secondary N) is 1. The molecule has 0 radical (unpaired) electrons. The highest BCUT2D eigenvalue weighted by molar-refractivity contribution is 6.04. The quantitative estimate of drug-likeness (QED) is 0.755. The van der Waals surface area contributed by atoms with E-state index >= 15 is 0 Å². The van der Waals surface area contributed by atoms with E-state index in [4.69, 9.17) is 9.47 Å². The lowest BCUT2D eigenvalue weighted by Gasteiger charge is -2.23. The predicted molar refractivity (Wildman–Crippen MR) is 92.4 cm³/mol. The fourth-order valence-corrected chi connectivity index (χ4v) is 2.69. The number of benzene rings is 1. The van der Waals surface area contributed by atoms with Gasteiger partial charge in [0, 0.05) is 20.1 Å². The molecule has 2 amide bonds. The van der Waals surface area contributed by atoms with E-state index in [-0.39, 0.29) is 36.6 Å². The van der Waals surface area contributed by atoms with Crippen LogP contribution in [-0.2, 0) is 19.1 Å². The minimum atomic E-state index is -0.524. The number of hydrogen-bond acceptors (Lipinski definition) is 5. The zero-order chi connectivity index (χ0) is 18.2. The van der Waals surface area contributed by atoms with Crippen LogP contribution < -0.4 is 10.2 Å². The van der Waals surface area contributed by atoms with E-state index in [9.17, 15) is 14.4 Å². The van der Waals surface area contributed by atoms with Crippen LogP contribution in [0.5, 0.6) is 0 Å². The summed E-state index contributed by atoms with van der Waals surface area (Å²) < 4.78 is 10.5.